The summed E-state index contributed by atoms with van der Waals surface area (Å²) in [6, 6.07) is -0.744. The van der Waals surface area contributed by atoms with Crippen LogP contribution in [0, 0.1) is 0 Å². The van der Waals surface area contributed by atoms with E-state index in [9.17, 15) is 19.8 Å². The van der Waals surface area contributed by atoms with Gasteiger partial charge < -0.3 is 20.3 Å². The highest BCUT2D eigenvalue weighted by atomic mass is 16.5. The van der Waals surface area contributed by atoms with Crippen molar-refractivity contribution in [2.24, 2.45) is 0 Å². The lowest BCUT2D eigenvalue weighted by atomic mass is 10.0. The first kappa shape index (κ1) is 63.3. The first-order valence-corrected chi connectivity index (χ1v) is 28.2. The average Bonchev–Trinajstić information content (AvgIpc) is 3.31. The van der Waals surface area contributed by atoms with Crippen molar-refractivity contribution in [1.29, 1.82) is 0 Å². The van der Waals surface area contributed by atoms with Gasteiger partial charge in [0.15, 0.2) is 0 Å². The average molecular weight is 923 g/mol. The van der Waals surface area contributed by atoms with Gasteiger partial charge in [-0.25, -0.2) is 0 Å². The molecule has 0 aromatic heterocycles. The summed E-state index contributed by atoms with van der Waals surface area (Å²) in [5.74, 6) is -0.623. The molecule has 0 aromatic carbocycles. The molecule has 0 fully saturated rings. The van der Waals surface area contributed by atoms with Crippen LogP contribution in [0.1, 0.15) is 271 Å². The number of carbonyl (C=O) groups excluding carboxylic acids is 2. The zero-order valence-corrected chi connectivity index (χ0v) is 43.6. The Labute approximate surface area is 409 Å². The number of amides is 1. The smallest absolute Gasteiger partial charge is 0.306 e. The molecule has 66 heavy (non-hydrogen) atoms. The molecule has 0 aromatic rings. The molecule has 6 nitrogen and oxygen atoms in total. The van der Waals surface area contributed by atoms with Gasteiger partial charge in [-0.2, -0.15) is 0 Å². The number of esters is 1. The molecule has 0 bridgehead atoms. The predicted octanol–water partition coefficient (Wildman–Crippen LogP) is 17.3. The Hall–Kier alpha value is -2.70. The first-order valence-electron chi connectivity index (χ1n) is 28.2. The maximum absolute atomic E-state index is 13.2. The number of hydrogen-bond acceptors (Lipinski definition) is 5. The minimum absolute atomic E-state index is 0.0468. The zero-order chi connectivity index (χ0) is 48.1. The normalized spacial score (nSPS) is 13.7. The third kappa shape index (κ3) is 47.8. The molecule has 3 atom stereocenters. The Balaban J connectivity index is 4.69. The summed E-state index contributed by atoms with van der Waals surface area (Å²) >= 11 is 0. The van der Waals surface area contributed by atoms with Crippen LogP contribution in [0.25, 0.3) is 0 Å². The molecule has 0 aliphatic carbocycles. The molecule has 0 saturated carbocycles. The van der Waals surface area contributed by atoms with E-state index in [-0.39, 0.29) is 24.9 Å². The third-order valence-corrected chi connectivity index (χ3v) is 12.5. The van der Waals surface area contributed by atoms with Gasteiger partial charge in [0.2, 0.25) is 5.91 Å². The van der Waals surface area contributed by atoms with Crippen molar-refractivity contribution >= 4 is 11.9 Å². The van der Waals surface area contributed by atoms with Crippen molar-refractivity contribution in [3.05, 3.63) is 72.9 Å². The fourth-order valence-corrected chi connectivity index (χ4v) is 8.31. The zero-order valence-electron chi connectivity index (χ0n) is 43.6. The number of allylic oxidation sites excluding steroid dienone is 11. The molecule has 0 saturated heterocycles. The molecule has 0 aliphatic heterocycles. The van der Waals surface area contributed by atoms with Gasteiger partial charge in [-0.05, 0) is 57.4 Å². The number of ether oxygens (including phenoxy) is 1. The molecular formula is C60H107NO5. The maximum atomic E-state index is 13.2. The third-order valence-electron chi connectivity index (χ3n) is 12.5. The number of aliphatic hydroxyl groups excluding tert-OH is 2. The van der Waals surface area contributed by atoms with Crippen LogP contribution in [0.3, 0.4) is 0 Å². The summed E-state index contributed by atoms with van der Waals surface area (Å²) in [5.41, 5.74) is 0. The second-order valence-electron chi connectivity index (χ2n) is 19.0. The Morgan fingerprint density at radius 1 is 0.455 bits per heavy atom. The van der Waals surface area contributed by atoms with Crippen molar-refractivity contribution in [2.75, 3.05) is 6.61 Å². The fraction of sp³-hybridized carbons (Fsp3) is 0.767. The van der Waals surface area contributed by atoms with Crippen LogP contribution in [0.15, 0.2) is 72.9 Å². The van der Waals surface area contributed by atoms with E-state index in [1.165, 1.54) is 154 Å². The molecule has 0 radical (unpaired) electrons. The molecule has 0 spiro atoms. The highest BCUT2D eigenvalue weighted by Crippen LogP contribution is 2.17. The molecule has 3 N–H and O–H groups in total. The van der Waals surface area contributed by atoms with Crippen molar-refractivity contribution in [2.45, 2.75) is 289 Å². The van der Waals surface area contributed by atoms with E-state index in [1.807, 2.05) is 12.2 Å². The van der Waals surface area contributed by atoms with Crippen LogP contribution >= 0.6 is 0 Å². The van der Waals surface area contributed by atoms with Gasteiger partial charge in [0.25, 0.3) is 0 Å². The quantitative estimate of drug-likeness (QED) is 0.0321. The Kier molecular flexibility index (Phi) is 51.1. The number of rotatable bonds is 50. The number of hydrogen-bond donors (Lipinski definition) is 3. The highest BCUT2D eigenvalue weighted by Gasteiger charge is 2.23. The van der Waals surface area contributed by atoms with E-state index < -0.39 is 18.2 Å². The van der Waals surface area contributed by atoms with Gasteiger partial charge in [-0.3, -0.25) is 9.59 Å². The summed E-state index contributed by atoms with van der Waals surface area (Å²) in [6.07, 6.45) is 68.5. The molecule has 0 rings (SSSR count). The number of unbranched alkanes of at least 4 members (excludes halogenated alkanes) is 28. The molecule has 0 aliphatic rings. The van der Waals surface area contributed by atoms with E-state index in [0.717, 1.165) is 70.6 Å². The summed E-state index contributed by atoms with van der Waals surface area (Å²) in [6.45, 7) is 6.35. The Morgan fingerprint density at radius 3 is 1.15 bits per heavy atom. The van der Waals surface area contributed by atoms with Crippen molar-refractivity contribution in [3.8, 4) is 0 Å². The van der Waals surface area contributed by atoms with E-state index in [1.54, 1.807) is 0 Å². The minimum atomic E-state index is -0.822. The van der Waals surface area contributed by atoms with Gasteiger partial charge in [0.05, 0.1) is 25.2 Å². The van der Waals surface area contributed by atoms with Gasteiger partial charge in [-0.1, -0.05) is 274 Å². The van der Waals surface area contributed by atoms with E-state index >= 15 is 0 Å². The largest absolute Gasteiger partial charge is 0.458 e. The van der Waals surface area contributed by atoms with Crippen LogP contribution < -0.4 is 5.32 Å². The topological polar surface area (TPSA) is 95.9 Å². The molecule has 382 valence electrons. The van der Waals surface area contributed by atoms with Crippen molar-refractivity contribution < 1.29 is 24.5 Å². The number of nitrogens with one attached hydrogen (secondary N) is 1. The second-order valence-corrected chi connectivity index (χ2v) is 19.0. The summed E-state index contributed by atoms with van der Waals surface area (Å²) in [7, 11) is 0. The van der Waals surface area contributed by atoms with Crippen LogP contribution in [-0.4, -0.2) is 46.9 Å². The standard InChI is InChI=1S/C60H107NO5/c1-4-7-10-13-16-19-22-25-27-29-31-34-36-39-42-45-48-51-56(66-60(65)53-50-47-44-41-38-33-24-21-18-15-12-9-6-3)54-59(64)61-57(55-62)58(63)52-49-46-43-40-37-35-32-30-28-26-23-20-17-14-11-8-5-2/h7,10,16,19,25,27,31,34,39,42,48,51,56-58,62-63H,4-6,8-9,11-15,17-18,20-24,26,28-30,32-33,35-38,40-41,43-47,49-50,52-55H2,1-3H3,(H,61,64)/b10-7-,19-16-,27-25-,34-31-,42-39-,51-48-. The highest BCUT2D eigenvalue weighted by molar-refractivity contribution is 5.78. The van der Waals surface area contributed by atoms with E-state index in [0.29, 0.717) is 19.3 Å². The predicted molar refractivity (Wildman–Crippen MR) is 287 cm³/mol. The summed E-state index contributed by atoms with van der Waals surface area (Å²) in [5, 5.41) is 23.8. The van der Waals surface area contributed by atoms with Crippen LogP contribution in [-0.2, 0) is 14.3 Å². The van der Waals surface area contributed by atoms with Crippen LogP contribution in [0.4, 0.5) is 0 Å². The maximum Gasteiger partial charge on any atom is 0.306 e. The molecule has 6 heteroatoms. The SMILES string of the molecule is CC/C=C\C/C=C\C/C=C\C/C=C\C/C=C\C/C=C\C(CC(=O)NC(CO)C(O)CCCCCCCCCCCCCCCCCCC)OC(=O)CCCCCCCCCCCCCCC. The van der Waals surface area contributed by atoms with Gasteiger partial charge in [0.1, 0.15) is 6.10 Å². The molecular weight excluding hydrogens is 815 g/mol. The van der Waals surface area contributed by atoms with Crippen LogP contribution in [0.2, 0.25) is 0 Å². The lowest BCUT2D eigenvalue weighted by Gasteiger charge is -2.23. The molecule has 0 heterocycles. The van der Waals surface area contributed by atoms with E-state index in [2.05, 4.69) is 86.8 Å². The molecule has 3 unspecified atom stereocenters. The Morgan fingerprint density at radius 2 is 0.788 bits per heavy atom. The van der Waals surface area contributed by atoms with Crippen molar-refractivity contribution in [3.63, 3.8) is 0 Å². The number of carbonyl (C=O) groups is 2. The van der Waals surface area contributed by atoms with Gasteiger partial charge >= 0.3 is 5.97 Å². The minimum Gasteiger partial charge on any atom is -0.458 e. The van der Waals surface area contributed by atoms with Gasteiger partial charge in [-0.15, -0.1) is 0 Å². The fourth-order valence-electron chi connectivity index (χ4n) is 8.31. The lowest BCUT2D eigenvalue weighted by Crippen LogP contribution is -2.46. The summed E-state index contributed by atoms with van der Waals surface area (Å²) in [4.78, 5) is 26.2. The Bertz CT molecular complexity index is 1220. The summed E-state index contributed by atoms with van der Waals surface area (Å²) < 4.78 is 5.84. The second kappa shape index (κ2) is 53.3. The lowest BCUT2D eigenvalue weighted by molar-refractivity contribution is -0.148. The van der Waals surface area contributed by atoms with Crippen molar-refractivity contribution in [1.82, 2.24) is 5.32 Å². The molecule has 1 amide bonds. The van der Waals surface area contributed by atoms with Gasteiger partial charge in [0, 0.05) is 6.42 Å². The van der Waals surface area contributed by atoms with Crippen LogP contribution in [0.5, 0.6) is 0 Å². The monoisotopic (exact) mass is 922 g/mol. The first-order chi connectivity index (χ1) is 32.5. The van der Waals surface area contributed by atoms with E-state index in [4.69, 9.17) is 4.74 Å². The number of aliphatic hydroxyl groups is 2.